The van der Waals surface area contributed by atoms with Crippen LogP contribution in [0.1, 0.15) is 71.6 Å². The minimum Gasteiger partial charge on any atom is -0.352 e. The van der Waals surface area contributed by atoms with Gasteiger partial charge in [-0.2, -0.15) is 0 Å². The molecule has 4 heteroatoms. The highest BCUT2D eigenvalue weighted by Crippen LogP contribution is 2.24. The Morgan fingerprint density at radius 2 is 1.71 bits per heavy atom. The number of amides is 2. The Balaban J connectivity index is 1.93. The van der Waals surface area contributed by atoms with Crippen LogP contribution in [-0.4, -0.2) is 35.3 Å². The van der Waals surface area contributed by atoms with Crippen molar-refractivity contribution in [2.75, 3.05) is 6.54 Å². The van der Waals surface area contributed by atoms with Crippen molar-refractivity contribution < 1.29 is 9.59 Å². The number of carbonyl (C=O) groups excluding carboxylic acids is 2. The summed E-state index contributed by atoms with van der Waals surface area (Å²) in [4.78, 5) is 26.9. The largest absolute Gasteiger partial charge is 0.352 e. The minimum absolute atomic E-state index is 0.0769. The standard InChI is InChI=1S/C17H30N2O2/c1-3-13(4-2)17(21)19-12-8-11-15(19)16(20)18-14-9-6-5-7-10-14/h13-15H,3-12H2,1-2H3,(H,18,20)/t15-/m1/s1. The molecule has 0 spiro atoms. The van der Waals surface area contributed by atoms with E-state index in [-0.39, 0.29) is 23.8 Å². The van der Waals surface area contributed by atoms with Crippen LogP contribution < -0.4 is 5.32 Å². The molecule has 4 nitrogen and oxygen atoms in total. The highest BCUT2D eigenvalue weighted by Gasteiger charge is 2.36. The van der Waals surface area contributed by atoms with Gasteiger partial charge in [0.25, 0.3) is 0 Å². The second kappa shape index (κ2) is 7.81. The van der Waals surface area contributed by atoms with Gasteiger partial charge in [0.05, 0.1) is 0 Å². The zero-order chi connectivity index (χ0) is 15.2. The topological polar surface area (TPSA) is 49.4 Å². The van der Waals surface area contributed by atoms with Crippen molar-refractivity contribution in [1.29, 1.82) is 0 Å². The third-order valence-electron chi connectivity index (χ3n) is 5.12. The van der Waals surface area contributed by atoms with Gasteiger partial charge in [-0.1, -0.05) is 33.1 Å². The predicted molar refractivity (Wildman–Crippen MR) is 83.8 cm³/mol. The number of nitrogens with one attached hydrogen (secondary N) is 1. The van der Waals surface area contributed by atoms with Crippen molar-refractivity contribution in [2.24, 2.45) is 5.92 Å². The lowest BCUT2D eigenvalue weighted by molar-refractivity contribution is -0.142. The Kier molecular flexibility index (Phi) is 6.07. The number of rotatable bonds is 5. The first-order chi connectivity index (χ1) is 10.2. The van der Waals surface area contributed by atoms with Gasteiger partial charge >= 0.3 is 0 Å². The van der Waals surface area contributed by atoms with E-state index in [1.165, 1.54) is 19.3 Å². The fourth-order valence-electron chi connectivity index (χ4n) is 3.72. The fraction of sp³-hybridized carbons (Fsp3) is 0.882. The van der Waals surface area contributed by atoms with Gasteiger partial charge in [0.2, 0.25) is 11.8 Å². The monoisotopic (exact) mass is 294 g/mol. The van der Waals surface area contributed by atoms with Crippen molar-refractivity contribution in [3.63, 3.8) is 0 Å². The van der Waals surface area contributed by atoms with Gasteiger partial charge in [-0.15, -0.1) is 0 Å². The second-order valence-electron chi connectivity index (χ2n) is 6.55. The molecule has 120 valence electrons. The molecule has 2 rings (SSSR count). The fourth-order valence-corrected chi connectivity index (χ4v) is 3.72. The van der Waals surface area contributed by atoms with Crippen LogP contribution in [0.15, 0.2) is 0 Å². The lowest BCUT2D eigenvalue weighted by Crippen LogP contribution is -2.50. The van der Waals surface area contributed by atoms with E-state index in [1.54, 1.807) is 0 Å². The van der Waals surface area contributed by atoms with Gasteiger partial charge in [-0.25, -0.2) is 0 Å². The van der Waals surface area contributed by atoms with E-state index >= 15 is 0 Å². The summed E-state index contributed by atoms with van der Waals surface area (Å²) in [5, 5.41) is 3.19. The maximum absolute atomic E-state index is 12.6. The first-order valence-electron chi connectivity index (χ1n) is 8.78. The summed E-state index contributed by atoms with van der Waals surface area (Å²) < 4.78 is 0. The molecular formula is C17H30N2O2. The second-order valence-corrected chi connectivity index (χ2v) is 6.55. The van der Waals surface area contributed by atoms with Gasteiger partial charge in [0.15, 0.2) is 0 Å². The van der Waals surface area contributed by atoms with E-state index < -0.39 is 0 Å². The molecule has 1 aliphatic heterocycles. The van der Waals surface area contributed by atoms with Crippen LogP contribution in [0.2, 0.25) is 0 Å². The first kappa shape index (κ1) is 16.3. The van der Waals surface area contributed by atoms with E-state index in [2.05, 4.69) is 19.2 Å². The Bertz CT molecular complexity index is 360. The lowest BCUT2D eigenvalue weighted by Gasteiger charge is -2.30. The molecule has 21 heavy (non-hydrogen) atoms. The van der Waals surface area contributed by atoms with E-state index in [4.69, 9.17) is 0 Å². The molecule has 1 N–H and O–H groups in total. The SMILES string of the molecule is CCC(CC)C(=O)N1CCC[C@@H]1C(=O)NC1CCCCC1. The number of hydrogen-bond acceptors (Lipinski definition) is 2. The Morgan fingerprint density at radius 3 is 2.33 bits per heavy atom. The van der Waals surface area contributed by atoms with E-state index in [0.29, 0.717) is 6.04 Å². The molecule has 1 heterocycles. The smallest absolute Gasteiger partial charge is 0.243 e. The Hall–Kier alpha value is -1.06. The van der Waals surface area contributed by atoms with E-state index in [9.17, 15) is 9.59 Å². The van der Waals surface area contributed by atoms with Gasteiger partial charge in [-0.3, -0.25) is 9.59 Å². The molecule has 1 atom stereocenters. The molecule has 0 bridgehead atoms. The maximum Gasteiger partial charge on any atom is 0.243 e. The summed E-state index contributed by atoms with van der Waals surface area (Å²) in [6.45, 7) is 4.86. The van der Waals surface area contributed by atoms with Crippen molar-refractivity contribution in [1.82, 2.24) is 10.2 Å². The number of nitrogens with zero attached hydrogens (tertiary/aromatic N) is 1. The van der Waals surface area contributed by atoms with Crippen molar-refractivity contribution in [2.45, 2.75) is 83.7 Å². The van der Waals surface area contributed by atoms with Gasteiger partial charge < -0.3 is 10.2 Å². The van der Waals surface area contributed by atoms with Crippen LogP contribution in [0, 0.1) is 5.92 Å². The zero-order valence-corrected chi connectivity index (χ0v) is 13.6. The van der Waals surface area contributed by atoms with Crippen LogP contribution in [0.25, 0.3) is 0 Å². The van der Waals surface area contributed by atoms with Crippen molar-refractivity contribution >= 4 is 11.8 Å². The van der Waals surface area contributed by atoms with Crippen LogP contribution in [0.3, 0.4) is 0 Å². The molecular weight excluding hydrogens is 264 g/mol. The lowest BCUT2D eigenvalue weighted by atomic mass is 9.95. The first-order valence-corrected chi connectivity index (χ1v) is 8.78. The number of carbonyl (C=O) groups is 2. The summed E-state index contributed by atoms with van der Waals surface area (Å²) in [5.74, 6) is 0.341. The number of likely N-dealkylation sites (tertiary alicyclic amines) is 1. The summed E-state index contributed by atoms with van der Waals surface area (Å²) in [6.07, 6.45) is 9.41. The molecule has 0 aromatic heterocycles. The predicted octanol–water partition coefficient (Wildman–Crippen LogP) is 2.86. The highest BCUT2D eigenvalue weighted by atomic mass is 16.2. The molecule has 0 aromatic carbocycles. The average molecular weight is 294 g/mol. The normalized spacial score (nSPS) is 23.6. The maximum atomic E-state index is 12.6. The van der Waals surface area contributed by atoms with Crippen LogP contribution in [0.5, 0.6) is 0 Å². The molecule has 2 aliphatic rings. The molecule has 2 fully saturated rings. The number of hydrogen-bond donors (Lipinski definition) is 1. The Labute approximate surface area is 128 Å². The summed E-state index contributed by atoms with van der Waals surface area (Å²) >= 11 is 0. The van der Waals surface area contributed by atoms with Crippen molar-refractivity contribution in [3.05, 3.63) is 0 Å². The zero-order valence-electron chi connectivity index (χ0n) is 13.6. The molecule has 2 amide bonds. The van der Waals surface area contributed by atoms with Gasteiger partial charge in [-0.05, 0) is 38.5 Å². The molecule has 0 aromatic rings. The van der Waals surface area contributed by atoms with Crippen LogP contribution in [0.4, 0.5) is 0 Å². The van der Waals surface area contributed by atoms with Gasteiger partial charge in [0, 0.05) is 18.5 Å². The summed E-state index contributed by atoms with van der Waals surface area (Å²) in [6, 6.07) is 0.108. The minimum atomic E-state index is -0.222. The highest BCUT2D eigenvalue weighted by molar-refractivity contribution is 5.89. The third-order valence-corrected chi connectivity index (χ3v) is 5.12. The van der Waals surface area contributed by atoms with E-state index in [1.807, 2.05) is 4.90 Å². The molecule has 1 aliphatic carbocycles. The average Bonchev–Trinajstić information content (AvgIpc) is 2.99. The summed E-state index contributed by atoms with van der Waals surface area (Å²) in [7, 11) is 0. The van der Waals surface area contributed by atoms with Crippen LogP contribution in [-0.2, 0) is 9.59 Å². The quantitative estimate of drug-likeness (QED) is 0.847. The Morgan fingerprint density at radius 1 is 1.05 bits per heavy atom. The van der Waals surface area contributed by atoms with E-state index in [0.717, 1.165) is 45.1 Å². The van der Waals surface area contributed by atoms with Crippen molar-refractivity contribution in [3.8, 4) is 0 Å². The molecule has 1 saturated carbocycles. The van der Waals surface area contributed by atoms with Gasteiger partial charge in [0.1, 0.15) is 6.04 Å². The molecule has 0 radical (unpaired) electrons. The third kappa shape index (κ3) is 3.98. The van der Waals surface area contributed by atoms with Crippen LogP contribution >= 0.6 is 0 Å². The molecule has 1 saturated heterocycles. The molecule has 0 unspecified atom stereocenters. The summed E-state index contributed by atoms with van der Waals surface area (Å²) in [5.41, 5.74) is 0.